The molecule has 0 aromatic heterocycles. The molecule has 316 valence electrons. The van der Waals surface area contributed by atoms with Crippen LogP contribution in [0.5, 0.6) is 0 Å². The van der Waals surface area contributed by atoms with Crippen molar-refractivity contribution >= 4 is 11.9 Å². The molecule has 0 heterocycles. The van der Waals surface area contributed by atoms with Gasteiger partial charge in [0.05, 0.1) is 13.2 Å². The van der Waals surface area contributed by atoms with E-state index >= 15 is 0 Å². The number of esters is 2. The molecule has 6 nitrogen and oxygen atoms in total. The van der Waals surface area contributed by atoms with Gasteiger partial charge in [-0.25, -0.2) is 0 Å². The lowest BCUT2D eigenvalue weighted by Gasteiger charge is -2.21. The van der Waals surface area contributed by atoms with Crippen LogP contribution >= 0.6 is 0 Å². The third-order valence-electron chi connectivity index (χ3n) is 10.9. The fourth-order valence-corrected chi connectivity index (χ4v) is 7.41. The normalized spacial score (nSPS) is 11.6. The van der Waals surface area contributed by atoms with Crippen molar-refractivity contribution in [1.82, 2.24) is 4.90 Å². The summed E-state index contributed by atoms with van der Waals surface area (Å²) in [6.45, 7) is 10.4. The van der Waals surface area contributed by atoms with Crippen molar-refractivity contribution in [3.05, 3.63) is 0 Å². The maximum absolute atomic E-state index is 12.7. The van der Waals surface area contributed by atoms with Gasteiger partial charge >= 0.3 is 11.9 Å². The molecule has 0 atom stereocenters. The Kier molecular flexibility index (Phi) is 42.6. The average molecular weight is 752 g/mol. The molecule has 0 aromatic carbocycles. The van der Waals surface area contributed by atoms with Crippen molar-refractivity contribution in [2.45, 2.75) is 258 Å². The molecule has 0 spiro atoms. The van der Waals surface area contributed by atoms with Crippen LogP contribution in [0.4, 0.5) is 0 Å². The second-order valence-electron chi connectivity index (χ2n) is 16.2. The molecule has 0 aliphatic heterocycles. The van der Waals surface area contributed by atoms with Crippen LogP contribution in [0.2, 0.25) is 0 Å². The number of carbonyl (C=O) groups excluding carboxylic acids is 2. The minimum atomic E-state index is -0.0283. The number of aliphatic hydroxyl groups excluding tert-OH is 1. The number of rotatable bonds is 44. The SMILES string of the molecule is CCCCCCCCCOC(=O)CCCCCCCN(CCO)CCCCCCCCC(=O)OC(CCCCCCCCC)CCCCCCCCC. The molecule has 0 unspecified atom stereocenters. The molecule has 0 saturated heterocycles. The van der Waals surface area contributed by atoms with E-state index in [4.69, 9.17) is 9.47 Å². The van der Waals surface area contributed by atoms with Gasteiger partial charge < -0.3 is 19.5 Å². The molecule has 53 heavy (non-hydrogen) atoms. The highest BCUT2D eigenvalue weighted by Crippen LogP contribution is 2.19. The van der Waals surface area contributed by atoms with Gasteiger partial charge in [-0.2, -0.15) is 0 Å². The Morgan fingerprint density at radius 2 is 0.792 bits per heavy atom. The van der Waals surface area contributed by atoms with Crippen LogP contribution < -0.4 is 0 Å². The predicted octanol–water partition coefficient (Wildman–Crippen LogP) is 13.8. The number of nitrogens with zero attached hydrogens (tertiary/aromatic N) is 1. The Morgan fingerprint density at radius 3 is 1.23 bits per heavy atom. The summed E-state index contributed by atoms with van der Waals surface area (Å²) in [4.78, 5) is 27.1. The van der Waals surface area contributed by atoms with E-state index < -0.39 is 0 Å². The largest absolute Gasteiger partial charge is 0.466 e. The molecule has 0 radical (unpaired) electrons. The highest BCUT2D eigenvalue weighted by molar-refractivity contribution is 5.69. The van der Waals surface area contributed by atoms with Crippen LogP contribution in [0, 0.1) is 0 Å². The zero-order chi connectivity index (χ0) is 38.7. The second kappa shape index (κ2) is 43.6. The minimum Gasteiger partial charge on any atom is -0.466 e. The summed E-state index contributed by atoms with van der Waals surface area (Å²) in [6, 6.07) is 0. The highest BCUT2D eigenvalue weighted by Gasteiger charge is 2.14. The molecule has 0 bridgehead atoms. The third-order valence-corrected chi connectivity index (χ3v) is 10.9. The number of aliphatic hydroxyl groups is 1. The van der Waals surface area contributed by atoms with E-state index in [0.29, 0.717) is 19.4 Å². The Balaban J connectivity index is 3.96. The molecular weight excluding hydrogens is 659 g/mol. The molecule has 0 saturated carbocycles. The highest BCUT2D eigenvalue weighted by atomic mass is 16.5. The zero-order valence-electron chi connectivity index (χ0n) is 36.1. The van der Waals surface area contributed by atoms with E-state index in [0.717, 1.165) is 77.4 Å². The van der Waals surface area contributed by atoms with Crippen LogP contribution in [-0.4, -0.2) is 60.9 Å². The third kappa shape index (κ3) is 40.3. The van der Waals surface area contributed by atoms with E-state index in [1.165, 1.54) is 161 Å². The number of hydrogen-bond acceptors (Lipinski definition) is 6. The van der Waals surface area contributed by atoms with Crippen LogP contribution in [0.3, 0.4) is 0 Å². The van der Waals surface area contributed by atoms with Crippen molar-refractivity contribution in [3.8, 4) is 0 Å². The molecule has 0 aromatic rings. The summed E-state index contributed by atoms with van der Waals surface area (Å²) in [7, 11) is 0. The average Bonchev–Trinajstić information content (AvgIpc) is 3.15. The standard InChI is InChI=1S/C47H93NO5/c1-4-7-10-13-16-22-29-36-45(37-30-23-17-14-11-8-5-2)53-47(51)39-32-24-18-19-26-33-40-48(42-43-49)41-34-27-21-25-31-38-46(50)52-44-35-28-20-15-12-9-6-3/h45,49H,4-44H2,1-3H3. The van der Waals surface area contributed by atoms with Crippen LogP contribution in [0.15, 0.2) is 0 Å². The van der Waals surface area contributed by atoms with E-state index in [2.05, 4.69) is 25.7 Å². The first-order valence-electron chi connectivity index (χ1n) is 23.8. The lowest BCUT2D eigenvalue weighted by Crippen LogP contribution is -2.29. The first-order valence-corrected chi connectivity index (χ1v) is 23.8. The van der Waals surface area contributed by atoms with E-state index in [1.807, 2.05) is 0 Å². The van der Waals surface area contributed by atoms with Crippen molar-refractivity contribution < 1.29 is 24.2 Å². The van der Waals surface area contributed by atoms with Crippen LogP contribution in [0.25, 0.3) is 0 Å². The zero-order valence-corrected chi connectivity index (χ0v) is 36.1. The number of carbonyl (C=O) groups is 2. The lowest BCUT2D eigenvalue weighted by molar-refractivity contribution is -0.150. The Morgan fingerprint density at radius 1 is 0.434 bits per heavy atom. The quantitative estimate of drug-likeness (QED) is 0.0493. The van der Waals surface area contributed by atoms with Gasteiger partial charge in [-0.15, -0.1) is 0 Å². The summed E-state index contributed by atoms with van der Waals surface area (Å²) >= 11 is 0. The van der Waals surface area contributed by atoms with Gasteiger partial charge in [0.2, 0.25) is 0 Å². The summed E-state index contributed by atoms with van der Waals surface area (Å²) < 4.78 is 11.5. The predicted molar refractivity (Wildman–Crippen MR) is 228 cm³/mol. The van der Waals surface area contributed by atoms with Gasteiger partial charge in [-0.1, -0.05) is 181 Å². The smallest absolute Gasteiger partial charge is 0.306 e. The van der Waals surface area contributed by atoms with Crippen LogP contribution in [0.1, 0.15) is 252 Å². The molecular formula is C47H93NO5. The van der Waals surface area contributed by atoms with Gasteiger partial charge in [0, 0.05) is 19.4 Å². The molecule has 6 heteroatoms. The Hall–Kier alpha value is -1.14. The topological polar surface area (TPSA) is 76.1 Å². The van der Waals surface area contributed by atoms with Crippen molar-refractivity contribution in [2.75, 3.05) is 32.8 Å². The lowest BCUT2D eigenvalue weighted by atomic mass is 10.0. The maximum Gasteiger partial charge on any atom is 0.306 e. The van der Waals surface area contributed by atoms with Gasteiger partial charge in [0.15, 0.2) is 0 Å². The van der Waals surface area contributed by atoms with E-state index in [1.54, 1.807) is 0 Å². The number of unbranched alkanes of at least 4 members (excludes halogenated alkanes) is 27. The van der Waals surface area contributed by atoms with Crippen molar-refractivity contribution in [1.29, 1.82) is 0 Å². The second-order valence-corrected chi connectivity index (χ2v) is 16.2. The summed E-state index contributed by atoms with van der Waals surface area (Å²) in [5.74, 6) is -0.00318. The number of hydrogen-bond donors (Lipinski definition) is 1. The fraction of sp³-hybridized carbons (Fsp3) is 0.957. The van der Waals surface area contributed by atoms with Crippen molar-refractivity contribution in [3.63, 3.8) is 0 Å². The van der Waals surface area contributed by atoms with E-state index in [9.17, 15) is 14.7 Å². The van der Waals surface area contributed by atoms with Gasteiger partial charge in [0.25, 0.3) is 0 Å². The molecule has 1 N–H and O–H groups in total. The van der Waals surface area contributed by atoms with Gasteiger partial charge in [-0.05, 0) is 70.9 Å². The Labute approximate surface area is 331 Å². The van der Waals surface area contributed by atoms with Gasteiger partial charge in [0.1, 0.15) is 6.10 Å². The monoisotopic (exact) mass is 752 g/mol. The number of ether oxygens (including phenoxy) is 2. The Bertz CT molecular complexity index is 728. The maximum atomic E-state index is 12.7. The fourth-order valence-electron chi connectivity index (χ4n) is 7.41. The molecule has 0 fully saturated rings. The minimum absolute atomic E-state index is 0.0251. The molecule has 0 amide bonds. The molecule has 0 rings (SSSR count). The van der Waals surface area contributed by atoms with Gasteiger partial charge in [-0.3, -0.25) is 9.59 Å². The summed E-state index contributed by atoms with van der Waals surface area (Å²) in [5, 5.41) is 9.55. The first kappa shape index (κ1) is 51.9. The van der Waals surface area contributed by atoms with Crippen molar-refractivity contribution in [2.24, 2.45) is 0 Å². The summed E-state index contributed by atoms with van der Waals surface area (Å²) in [5.41, 5.74) is 0. The molecule has 0 aliphatic carbocycles. The molecule has 0 aliphatic rings. The summed E-state index contributed by atoms with van der Waals surface area (Å²) in [6.07, 6.45) is 42.6. The van der Waals surface area contributed by atoms with E-state index in [-0.39, 0.29) is 24.6 Å². The first-order chi connectivity index (χ1) is 26.1. The van der Waals surface area contributed by atoms with Crippen LogP contribution in [-0.2, 0) is 19.1 Å².